The lowest BCUT2D eigenvalue weighted by Gasteiger charge is -2.41. The third-order valence-electron chi connectivity index (χ3n) is 9.05. The second kappa shape index (κ2) is 15.7. The van der Waals surface area contributed by atoms with Gasteiger partial charge in [0, 0.05) is 37.9 Å². The first kappa shape index (κ1) is 33.6. The first-order valence-electron chi connectivity index (χ1n) is 16.2. The van der Waals surface area contributed by atoms with Gasteiger partial charge in [-0.05, 0) is 56.0 Å². The number of anilines is 2. The van der Waals surface area contributed by atoms with Crippen molar-refractivity contribution in [3.8, 4) is 0 Å². The fourth-order valence-electron chi connectivity index (χ4n) is 6.49. The van der Waals surface area contributed by atoms with Gasteiger partial charge in [0.15, 0.2) is 5.65 Å². The summed E-state index contributed by atoms with van der Waals surface area (Å²) in [5, 5.41) is 11.6. The van der Waals surface area contributed by atoms with Crippen LogP contribution in [0.25, 0.3) is 11.0 Å². The van der Waals surface area contributed by atoms with Crippen molar-refractivity contribution in [1.29, 1.82) is 0 Å². The Morgan fingerprint density at radius 3 is 2.04 bits per heavy atom. The third kappa shape index (κ3) is 8.40. The summed E-state index contributed by atoms with van der Waals surface area (Å²) < 4.78 is 2.06. The number of nitrogens with one attached hydrogen (secondary N) is 2. The number of hydrogen-bond donors (Lipinski definition) is 3. The lowest BCUT2D eigenvalue weighted by molar-refractivity contribution is 0.0815. The van der Waals surface area contributed by atoms with Crippen molar-refractivity contribution in [2.24, 2.45) is 0 Å². The molecule has 4 N–H and O–H groups in total. The maximum absolute atomic E-state index is 12.5. The topological polar surface area (TPSA) is 130 Å². The third-order valence-corrected chi connectivity index (χ3v) is 9.44. The number of benzene rings is 2. The van der Waals surface area contributed by atoms with Gasteiger partial charge in [0.05, 0.1) is 23.7 Å². The number of amides is 2. The number of nitrogen functional groups attached to an aromatic ring is 1. The molecule has 11 nitrogen and oxygen atoms in total. The zero-order valence-corrected chi connectivity index (χ0v) is 28.4. The molecule has 1 aliphatic carbocycles. The molecule has 0 spiro atoms. The van der Waals surface area contributed by atoms with Crippen molar-refractivity contribution in [2.45, 2.75) is 43.8 Å². The minimum atomic E-state index is -0.365. The summed E-state index contributed by atoms with van der Waals surface area (Å²) in [6.07, 6.45) is 8.16. The minimum Gasteiger partial charge on any atom is -0.383 e. The molecular formula is C35H40Cl2N10O. The number of fused-ring (bicyclic) bond motifs is 1. The van der Waals surface area contributed by atoms with E-state index in [1.807, 2.05) is 60.7 Å². The predicted molar refractivity (Wildman–Crippen MR) is 191 cm³/mol. The number of piperazine rings is 1. The SMILES string of the molecule is CN1CCN(C2CCC(n3ncc4c(N)ncnc43)CC2)CC1.O=C(Nc1cc(Cl)nc(Cl)c1)NC(c1ccccc1)c1ccccc1. The molecule has 4 heterocycles. The van der Waals surface area contributed by atoms with E-state index in [0.717, 1.165) is 41.0 Å². The Labute approximate surface area is 290 Å². The number of pyridine rings is 1. The van der Waals surface area contributed by atoms with E-state index in [2.05, 4.69) is 52.2 Å². The van der Waals surface area contributed by atoms with E-state index in [9.17, 15) is 4.79 Å². The first-order valence-corrected chi connectivity index (χ1v) is 17.0. The summed E-state index contributed by atoms with van der Waals surface area (Å²) >= 11 is 11.7. The predicted octanol–water partition coefficient (Wildman–Crippen LogP) is 6.44. The van der Waals surface area contributed by atoms with E-state index < -0.39 is 0 Å². The molecular weight excluding hydrogens is 647 g/mol. The van der Waals surface area contributed by atoms with E-state index in [0.29, 0.717) is 17.5 Å². The van der Waals surface area contributed by atoms with E-state index in [1.54, 1.807) is 6.20 Å². The van der Waals surface area contributed by atoms with Gasteiger partial charge in [0.1, 0.15) is 22.5 Å². The normalized spacial score (nSPS) is 18.7. The van der Waals surface area contributed by atoms with Crippen molar-refractivity contribution < 1.29 is 4.79 Å². The Morgan fingerprint density at radius 1 is 0.854 bits per heavy atom. The second-order valence-corrected chi connectivity index (χ2v) is 13.0. The van der Waals surface area contributed by atoms with Gasteiger partial charge in [-0.1, -0.05) is 83.9 Å². The molecule has 0 unspecified atom stereocenters. The number of likely N-dealkylation sites (N-methyl/N-ethyl adjacent to an activating group) is 1. The average Bonchev–Trinajstić information content (AvgIpc) is 3.54. The lowest BCUT2D eigenvalue weighted by atomic mass is 9.90. The Kier molecular flexibility index (Phi) is 11.0. The number of halogens is 2. The van der Waals surface area contributed by atoms with Crippen LogP contribution >= 0.6 is 23.2 Å². The minimum absolute atomic E-state index is 0.213. The van der Waals surface area contributed by atoms with Crippen LogP contribution in [0.5, 0.6) is 0 Å². The number of rotatable bonds is 6. The number of hydrogen-bond acceptors (Lipinski definition) is 8. The number of nitrogens with two attached hydrogens (primary N) is 1. The molecule has 3 aromatic heterocycles. The maximum Gasteiger partial charge on any atom is 0.319 e. The molecule has 7 rings (SSSR count). The van der Waals surface area contributed by atoms with Crippen molar-refractivity contribution in [3.63, 3.8) is 0 Å². The van der Waals surface area contributed by atoms with E-state index >= 15 is 0 Å². The highest BCUT2D eigenvalue weighted by Gasteiger charge is 2.29. The zero-order chi connectivity index (χ0) is 33.5. The molecule has 13 heteroatoms. The highest BCUT2D eigenvalue weighted by atomic mass is 35.5. The lowest BCUT2D eigenvalue weighted by Crippen LogP contribution is -2.49. The smallest absolute Gasteiger partial charge is 0.319 e. The second-order valence-electron chi connectivity index (χ2n) is 12.2. The summed E-state index contributed by atoms with van der Waals surface area (Å²) in [4.78, 5) is 29.9. The molecule has 0 bridgehead atoms. The molecule has 48 heavy (non-hydrogen) atoms. The van der Waals surface area contributed by atoms with Gasteiger partial charge < -0.3 is 21.3 Å². The largest absolute Gasteiger partial charge is 0.383 e. The van der Waals surface area contributed by atoms with Gasteiger partial charge >= 0.3 is 6.03 Å². The molecule has 2 fully saturated rings. The van der Waals surface area contributed by atoms with Crippen molar-refractivity contribution >= 4 is 51.8 Å². The van der Waals surface area contributed by atoms with Crippen LogP contribution in [0.1, 0.15) is 48.9 Å². The summed E-state index contributed by atoms with van der Waals surface area (Å²) in [5.74, 6) is 0.521. The van der Waals surface area contributed by atoms with Crippen LogP contribution in [0, 0.1) is 0 Å². The standard InChI is InChI=1S/C19H15Cl2N3O.C16H25N7/c20-16-11-15(12-17(21)23-16)22-19(25)24-18(13-7-3-1-4-8-13)14-9-5-2-6-10-14;1-21-6-8-22(9-7-21)12-2-4-13(5-3-12)23-16-14(10-20-23)15(17)18-11-19-16/h1-12,18H,(H2,22,23,24,25);10-13H,2-9H2,1H3,(H2,17,18,19). The van der Waals surface area contributed by atoms with Crippen LogP contribution in [-0.2, 0) is 0 Å². The van der Waals surface area contributed by atoms with Crippen molar-refractivity contribution in [1.82, 2.24) is 39.8 Å². The van der Waals surface area contributed by atoms with Gasteiger partial charge in [-0.3, -0.25) is 4.90 Å². The van der Waals surface area contributed by atoms with Gasteiger partial charge in [-0.15, -0.1) is 0 Å². The fraction of sp³-hybridized carbons (Fsp3) is 0.343. The number of urea groups is 1. The number of carbonyl (C=O) groups is 1. The molecule has 2 aliphatic rings. The molecule has 1 saturated heterocycles. The monoisotopic (exact) mass is 686 g/mol. The molecule has 250 valence electrons. The van der Waals surface area contributed by atoms with Crippen LogP contribution < -0.4 is 16.4 Å². The number of aromatic nitrogens is 5. The Balaban J connectivity index is 0.000000168. The highest BCUT2D eigenvalue weighted by molar-refractivity contribution is 6.33. The average molecular weight is 688 g/mol. The Morgan fingerprint density at radius 2 is 1.44 bits per heavy atom. The Hall–Kier alpha value is -4.29. The molecule has 2 aromatic carbocycles. The maximum atomic E-state index is 12.5. The van der Waals surface area contributed by atoms with Crippen LogP contribution in [0.3, 0.4) is 0 Å². The molecule has 1 saturated carbocycles. The van der Waals surface area contributed by atoms with Crippen LogP contribution in [-0.4, -0.2) is 79.8 Å². The summed E-state index contributed by atoms with van der Waals surface area (Å²) in [6.45, 7) is 4.81. The van der Waals surface area contributed by atoms with Crippen LogP contribution in [0.4, 0.5) is 16.3 Å². The van der Waals surface area contributed by atoms with E-state index in [-0.39, 0.29) is 22.4 Å². The van der Waals surface area contributed by atoms with Gasteiger partial charge in [-0.2, -0.15) is 5.10 Å². The van der Waals surface area contributed by atoms with Gasteiger partial charge in [0.25, 0.3) is 0 Å². The quantitative estimate of drug-likeness (QED) is 0.174. The number of nitrogens with zero attached hydrogens (tertiary/aromatic N) is 7. The molecule has 5 aromatic rings. The summed E-state index contributed by atoms with van der Waals surface area (Å²) in [5.41, 5.74) is 9.23. The van der Waals surface area contributed by atoms with E-state index in [1.165, 1.54) is 57.5 Å². The molecule has 2 amide bonds. The van der Waals surface area contributed by atoms with Crippen molar-refractivity contribution in [3.05, 3.63) is 107 Å². The zero-order valence-electron chi connectivity index (χ0n) is 26.8. The summed E-state index contributed by atoms with van der Waals surface area (Å²) in [6, 6.07) is 23.1. The molecule has 0 atom stereocenters. The van der Waals surface area contributed by atoms with Crippen LogP contribution in [0.15, 0.2) is 85.3 Å². The Bertz CT molecular complexity index is 1730. The summed E-state index contributed by atoms with van der Waals surface area (Å²) in [7, 11) is 2.21. The van der Waals surface area contributed by atoms with Gasteiger partial charge in [0.2, 0.25) is 0 Å². The highest BCUT2D eigenvalue weighted by Crippen LogP contribution is 2.33. The van der Waals surface area contributed by atoms with Crippen molar-refractivity contribution in [2.75, 3.05) is 44.3 Å². The number of carbonyl (C=O) groups excluding carboxylic acids is 1. The molecule has 0 radical (unpaired) electrons. The van der Waals surface area contributed by atoms with E-state index in [4.69, 9.17) is 28.9 Å². The fourth-order valence-corrected chi connectivity index (χ4v) is 6.95. The first-order chi connectivity index (χ1) is 23.3. The van der Waals surface area contributed by atoms with Gasteiger partial charge in [-0.25, -0.2) is 24.4 Å². The van der Waals surface area contributed by atoms with Crippen LogP contribution in [0.2, 0.25) is 10.3 Å². The molecule has 1 aliphatic heterocycles.